The fourth-order valence-electron chi connectivity index (χ4n) is 2.41. The van der Waals surface area contributed by atoms with Gasteiger partial charge in [-0.25, -0.2) is 8.42 Å². The van der Waals surface area contributed by atoms with Crippen molar-refractivity contribution in [1.29, 1.82) is 0 Å². The molecule has 29 heavy (non-hydrogen) atoms. The van der Waals surface area contributed by atoms with Gasteiger partial charge in [-0.1, -0.05) is 42.5 Å². The van der Waals surface area contributed by atoms with Gasteiger partial charge in [0.2, 0.25) is 10.0 Å². The van der Waals surface area contributed by atoms with Crippen LogP contribution < -0.4 is 10.0 Å². The molecule has 2 aromatic carbocycles. The molecular weight excluding hydrogens is 396 g/mol. The van der Waals surface area contributed by atoms with E-state index in [0.29, 0.717) is 5.56 Å². The number of Topliss-reactive ketones (excluding diaryl/α,β-unsaturated/α-hetero) is 1. The number of sulfonamides is 1. The van der Waals surface area contributed by atoms with Gasteiger partial charge in [0, 0.05) is 5.56 Å². The van der Waals surface area contributed by atoms with Gasteiger partial charge in [0.05, 0.1) is 10.9 Å². The van der Waals surface area contributed by atoms with E-state index in [4.69, 9.17) is 4.74 Å². The molecule has 2 N–H and O–H groups in total. The number of nitrogens with one attached hydrogen (secondary N) is 2. The van der Waals surface area contributed by atoms with E-state index in [9.17, 15) is 22.8 Å². The van der Waals surface area contributed by atoms with E-state index in [1.165, 1.54) is 31.2 Å². The molecule has 0 aliphatic heterocycles. The lowest BCUT2D eigenvalue weighted by Gasteiger charge is -2.14. The van der Waals surface area contributed by atoms with Gasteiger partial charge in [0.25, 0.3) is 5.91 Å². The zero-order valence-corrected chi connectivity index (χ0v) is 16.9. The molecule has 1 amide bonds. The summed E-state index contributed by atoms with van der Waals surface area (Å²) in [5, 5.41) is 2.68. The lowest BCUT2D eigenvalue weighted by atomic mass is 10.1. The first-order valence-corrected chi connectivity index (χ1v) is 10.3. The molecule has 0 aromatic heterocycles. The Hall–Kier alpha value is -3.04. The molecule has 0 unspecified atom stereocenters. The van der Waals surface area contributed by atoms with Crippen molar-refractivity contribution in [3.63, 3.8) is 0 Å². The predicted octanol–water partition coefficient (Wildman–Crippen LogP) is 1.59. The normalized spacial score (nSPS) is 12.1. The largest absolute Gasteiger partial charge is 0.455 e. The Morgan fingerprint density at radius 3 is 2.21 bits per heavy atom. The standard InChI is InChI=1S/C20H22N2O6S/c1-14(16-6-4-3-5-7-16)22-19(24)13-28-20(25)12-21-29(26,27)18-10-8-17(9-11-18)15(2)23/h3-11,14,21H,12-13H2,1-2H3,(H,22,24)/t14-/m1/s1. The van der Waals surface area contributed by atoms with Gasteiger partial charge < -0.3 is 10.1 Å². The topological polar surface area (TPSA) is 119 Å². The quantitative estimate of drug-likeness (QED) is 0.472. The summed E-state index contributed by atoms with van der Waals surface area (Å²) in [6.07, 6.45) is 0. The summed E-state index contributed by atoms with van der Waals surface area (Å²) in [7, 11) is -3.95. The molecule has 0 saturated carbocycles. The number of rotatable bonds is 9. The highest BCUT2D eigenvalue weighted by Gasteiger charge is 2.17. The second-order valence-electron chi connectivity index (χ2n) is 6.27. The number of esters is 1. The van der Waals surface area contributed by atoms with Crippen molar-refractivity contribution in [2.24, 2.45) is 0 Å². The summed E-state index contributed by atoms with van der Waals surface area (Å²) in [4.78, 5) is 34.8. The minimum absolute atomic E-state index is 0.0928. The molecule has 2 aromatic rings. The molecule has 0 spiro atoms. The van der Waals surface area contributed by atoms with Crippen molar-refractivity contribution >= 4 is 27.7 Å². The van der Waals surface area contributed by atoms with Crippen LogP contribution in [0.2, 0.25) is 0 Å². The third-order valence-corrected chi connectivity index (χ3v) is 5.44. The van der Waals surface area contributed by atoms with E-state index in [0.717, 1.165) is 5.56 Å². The van der Waals surface area contributed by atoms with Crippen LogP contribution in [0.25, 0.3) is 0 Å². The highest BCUT2D eigenvalue weighted by atomic mass is 32.2. The van der Waals surface area contributed by atoms with Crippen LogP contribution in [-0.4, -0.2) is 39.2 Å². The second-order valence-corrected chi connectivity index (χ2v) is 8.03. The van der Waals surface area contributed by atoms with E-state index >= 15 is 0 Å². The van der Waals surface area contributed by atoms with Gasteiger partial charge >= 0.3 is 5.97 Å². The van der Waals surface area contributed by atoms with Crippen molar-refractivity contribution in [2.75, 3.05) is 13.2 Å². The molecule has 9 heteroatoms. The molecule has 0 bridgehead atoms. The number of hydrogen-bond acceptors (Lipinski definition) is 6. The number of hydrogen-bond donors (Lipinski definition) is 2. The number of carbonyl (C=O) groups excluding carboxylic acids is 3. The number of amides is 1. The number of ether oxygens (including phenoxy) is 1. The maximum Gasteiger partial charge on any atom is 0.321 e. The van der Waals surface area contributed by atoms with Crippen LogP contribution in [-0.2, 0) is 24.3 Å². The maximum atomic E-state index is 12.2. The highest BCUT2D eigenvalue weighted by molar-refractivity contribution is 7.89. The van der Waals surface area contributed by atoms with Crippen LogP contribution in [0.15, 0.2) is 59.5 Å². The molecule has 0 heterocycles. The number of ketones is 1. The molecule has 0 saturated heterocycles. The van der Waals surface area contributed by atoms with E-state index in [1.54, 1.807) is 6.92 Å². The second kappa shape index (κ2) is 9.94. The summed E-state index contributed by atoms with van der Waals surface area (Å²) in [6.45, 7) is 2.01. The fourth-order valence-corrected chi connectivity index (χ4v) is 3.38. The zero-order valence-electron chi connectivity index (χ0n) is 16.0. The van der Waals surface area contributed by atoms with E-state index < -0.39 is 35.1 Å². The van der Waals surface area contributed by atoms with Gasteiger partial charge in [-0.15, -0.1) is 0 Å². The summed E-state index contributed by atoms with van der Waals surface area (Å²) in [5.41, 5.74) is 1.27. The minimum atomic E-state index is -3.95. The summed E-state index contributed by atoms with van der Waals surface area (Å²) in [5.74, 6) is -1.58. The lowest BCUT2D eigenvalue weighted by Crippen LogP contribution is -2.34. The van der Waals surface area contributed by atoms with Crippen molar-refractivity contribution in [2.45, 2.75) is 24.8 Å². The Kier molecular flexibility index (Phi) is 7.63. The van der Waals surface area contributed by atoms with Crippen molar-refractivity contribution in [3.05, 3.63) is 65.7 Å². The van der Waals surface area contributed by atoms with Gasteiger partial charge in [-0.05, 0) is 31.5 Å². The summed E-state index contributed by atoms with van der Waals surface area (Å²) in [6, 6.07) is 14.3. The SMILES string of the molecule is CC(=O)c1ccc(S(=O)(=O)NCC(=O)OCC(=O)N[C@H](C)c2ccccc2)cc1. The van der Waals surface area contributed by atoms with E-state index in [-0.39, 0.29) is 16.7 Å². The average Bonchev–Trinajstić information content (AvgIpc) is 2.71. The Labute approximate surface area is 169 Å². The van der Waals surface area contributed by atoms with Crippen LogP contribution in [0.5, 0.6) is 0 Å². The first kappa shape index (κ1) is 22.3. The van der Waals surface area contributed by atoms with Crippen molar-refractivity contribution in [1.82, 2.24) is 10.0 Å². The minimum Gasteiger partial charge on any atom is -0.455 e. The molecule has 8 nitrogen and oxygen atoms in total. The zero-order chi connectivity index (χ0) is 21.4. The predicted molar refractivity (Wildman–Crippen MR) is 106 cm³/mol. The molecule has 154 valence electrons. The number of carbonyl (C=O) groups is 3. The Balaban J connectivity index is 1.80. The monoisotopic (exact) mass is 418 g/mol. The highest BCUT2D eigenvalue weighted by Crippen LogP contribution is 2.11. The lowest BCUT2D eigenvalue weighted by molar-refractivity contribution is -0.147. The fraction of sp³-hybridized carbons (Fsp3) is 0.250. The third kappa shape index (κ3) is 6.81. The maximum absolute atomic E-state index is 12.2. The first-order valence-electron chi connectivity index (χ1n) is 8.79. The van der Waals surface area contributed by atoms with E-state index in [2.05, 4.69) is 10.0 Å². The van der Waals surface area contributed by atoms with Crippen LogP contribution >= 0.6 is 0 Å². The molecule has 0 aliphatic carbocycles. The van der Waals surface area contributed by atoms with Crippen LogP contribution in [0.1, 0.15) is 35.8 Å². The first-order chi connectivity index (χ1) is 13.7. The number of benzene rings is 2. The van der Waals surface area contributed by atoms with Gasteiger partial charge in [0.1, 0.15) is 6.54 Å². The Morgan fingerprint density at radius 1 is 1.00 bits per heavy atom. The molecular formula is C20H22N2O6S. The molecule has 1 atom stereocenters. The van der Waals surface area contributed by atoms with Crippen LogP contribution in [0.4, 0.5) is 0 Å². The Morgan fingerprint density at radius 2 is 1.62 bits per heavy atom. The van der Waals surface area contributed by atoms with Gasteiger partial charge in [-0.3, -0.25) is 14.4 Å². The van der Waals surface area contributed by atoms with Gasteiger partial charge in [-0.2, -0.15) is 4.72 Å². The Bertz CT molecular complexity index is 972. The van der Waals surface area contributed by atoms with Crippen LogP contribution in [0.3, 0.4) is 0 Å². The average molecular weight is 418 g/mol. The summed E-state index contributed by atoms with van der Waals surface area (Å²) < 4.78 is 31.2. The van der Waals surface area contributed by atoms with Crippen molar-refractivity contribution < 1.29 is 27.5 Å². The molecule has 2 rings (SSSR count). The van der Waals surface area contributed by atoms with Crippen molar-refractivity contribution in [3.8, 4) is 0 Å². The van der Waals surface area contributed by atoms with Gasteiger partial charge in [0.15, 0.2) is 12.4 Å². The smallest absolute Gasteiger partial charge is 0.321 e. The summed E-state index contributed by atoms with van der Waals surface area (Å²) >= 11 is 0. The third-order valence-electron chi connectivity index (χ3n) is 4.02. The molecule has 0 radical (unpaired) electrons. The van der Waals surface area contributed by atoms with E-state index in [1.807, 2.05) is 30.3 Å². The molecule has 0 aliphatic rings. The van der Waals surface area contributed by atoms with Crippen LogP contribution in [0, 0.1) is 0 Å². The molecule has 0 fully saturated rings.